The molecule has 2 aliphatic rings. The molecule has 1 aromatic carbocycles. The first-order valence-electron chi connectivity index (χ1n) is 9.03. The number of hydrogen-bond acceptors (Lipinski definition) is 1. The van der Waals surface area contributed by atoms with E-state index in [1.807, 2.05) is 18.2 Å². The van der Waals surface area contributed by atoms with Crippen LogP contribution in [0.25, 0.3) is 0 Å². The summed E-state index contributed by atoms with van der Waals surface area (Å²) in [6.07, 6.45) is 11.5. The number of hydrogen-bond donors (Lipinski definition) is 2. The molecular formula is C19H29N2O+. The van der Waals surface area contributed by atoms with Crippen molar-refractivity contribution in [3.63, 3.8) is 0 Å². The highest BCUT2D eigenvalue weighted by Crippen LogP contribution is 2.21. The average Bonchev–Trinajstić information content (AvgIpc) is 3.31. The van der Waals surface area contributed by atoms with Crippen LogP contribution >= 0.6 is 0 Å². The van der Waals surface area contributed by atoms with Crippen LogP contribution in [-0.2, 0) is 4.79 Å². The van der Waals surface area contributed by atoms with Crippen molar-refractivity contribution in [1.82, 2.24) is 5.32 Å². The summed E-state index contributed by atoms with van der Waals surface area (Å²) in [5, 5.41) is 5.55. The number of rotatable bonds is 5. The smallest absolute Gasteiger partial charge is 0.283 e. The summed E-state index contributed by atoms with van der Waals surface area (Å²) in [6, 6.07) is 11.2. The molecule has 3 N–H and O–H groups in total. The minimum Gasteiger partial charge on any atom is -0.348 e. The van der Waals surface area contributed by atoms with Crippen molar-refractivity contribution in [2.45, 2.75) is 75.9 Å². The van der Waals surface area contributed by atoms with Crippen LogP contribution in [0, 0.1) is 0 Å². The summed E-state index contributed by atoms with van der Waals surface area (Å²) in [4.78, 5) is 12.7. The summed E-state index contributed by atoms with van der Waals surface area (Å²) >= 11 is 0. The molecule has 1 aromatic rings. The molecule has 0 aromatic heterocycles. The molecule has 22 heavy (non-hydrogen) atoms. The quantitative estimate of drug-likeness (QED) is 0.863. The van der Waals surface area contributed by atoms with E-state index < -0.39 is 0 Å². The van der Waals surface area contributed by atoms with Crippen LogP contribution in [0.5, 0.6) is 0 Å². The second-order valence-corrected chi connectivity index (χ2v) is 6.97. The first kappa shape index (κ1) is 15.5. The van der Waals surface area contributed by atoms with Crippen LogP contribution in [-0.4, -0.2) is 18.0 Å². The maximum atomic E-state index is 12.7. The zero-order valence-electron chi connectivity index (χ0n) is 13.5. The fourth-order valence-corrected chi connectivity index (χ4v) is 3.48. The van der Waals surface area contributed by atoms with E-state index in [4.69, 9.17) is 0 Å². The largest absolute Gasteiger partial charge is 0.348 e. The Morgan fingerprint density at radius 3 is 2.23 bits per heavy atom. The molecule has 3 heteroatoms. The molecule has 120 valence electrons. The number of amides is 1. The van der Waals surface area contributed by atoms with Crippen molar-refractivity contribution >= 4 is 5.91 Å². The summed E-state index contributed by atoms with van der Waals surface area (Å²) in [6.45, 7) is 0. The third-order valence-corrected chi connectivity index (χ3v) is 4.98. The van der Waals surface area contributed by atoms with Crippen LogP contribution in [0.4, 0.5) is 0 Å². The lowest BCUT2D eigenvalue weighted by molar-refractivity contribution is -0.717. The molecule has 1 atom stereocenters. The van der Waals surface area contributed by atoms with E-state index in [9.17, 15) is 4.79 Å². The zero-order valence-corrected chi connectivity index (χ0v) is 13.5. The van der Waals surface area contributed by atoms with Gasteiger partial charge in [-0.3, -0.25) is 4.79 Å². The SMILES string of the molecule is O=C(NC1CC1)[C@@H]([NH2+]C1CCCCCCC1)c1ccccc1. The molecule has 0 spiro atoms. The van der Waals surface area contributed by atoms with E-state index in [1.54, 1.807) is 0 Å². The minimum absolute atomic E-state index is 0.0776. The van der Waals surface area contributed by atoms with Crippen molar-refractivity contribution in [1.29, 1.82) is 0 Å². The van der Waals surface area contributed by atoms with Gasteiger partial charge >= 0.3 is 0 Å². The van der Waals surface area contributed by atoms with Gasteiger partial charge in [0.05, 0.1) is 6.04 Å². The second kappa shape index (κ2) is 7.77. The molecule has 2 saturated carbocycles. The number of benzene rings is 1. The molecule has 2 fully saturated rings. The van der Waals surface area contributed by atoms with Crippen molar-refractivity contribution in [2.24, 2.45) is 0 Å². The Labute approximate surface area is 133 Å². The van der Waals surface area contributed by atoms with Crippen LogP contribution in [0.15, 0.2) is 30.3 Å². The first-order chi connectivity index (χ1) is 10.8. The van der Waals surface area contributed by atoms with Gasteiger partial charge in [0.25, 0.3) is 5.91 Å². The molecule has 3 rings (SSSR count). The summed E-state index contributed by atoms with van der Waals surface area (Å²) in [5.41, 5.74) is 1.14. The van der Waals surface area contributed by atoms with Gasteiger partial charge < -0.3 is 10.6 Å². The van der Waals surface area contributed by atoms with E-state index >= 15 is 0 Å². The second-order valence-electron chi connectivity index (χ2n) is 6.97. The van der Waals surface area contributed by atoms with Crippen LogP contribution < -0.4 is 10.6 Å². The van der Waals surface area contributed by atoms with Gasteiger partial charge in [0.1, 0.15) is 0 Å². The monoisotopic (exact) mass is 301 g/mol. The molecule has 1 amide bonds. The third kappa shape index (κ3) is 4.57. The van der Waals surface area contributed by atoms with Gasteiger partial charge in [-0.2, -0.15) is 0 Å². The van der Waals surface area contributed by atoms with Crippen molar-refractivity contribution in [3.8, 4) is 0 Å². The lowest BCUT2D eigenvalue weighted by Gasteiger charge is -2.24. The van der Waals surface area contributed by atoms with Gasteiger partial charge in [0, 0.05) is 11.6 Å². The van der Waals surface area contributed by atoms with Gasteiger partial charge in [0.2, 0.25) is 0 Å². The Morgan fingerprint density at radius 1 is 0.955 bits per heavy atom. The predicted octanol–water partition coefficient (Wildman–Crippen LogP) is 2.68. The molecule has 0 unspecified atom stereocenters. The van der Waals surface area contributed by atoms with Crippen molar-refractivity contribution in [2.75, 3.05) is 0 Å². The van der Waals surface area contributed by atoms with E-state index in [0.29, 0.717) is 12.1 Å². The first-order valence-corrected chi connectivity index (χ1v) is 9.03. The van der Waals surface area contributed by atoms with E-state index in [0.717, 1.165) is 18.4 Å². The van der Waals surface area contributed by atoms with Crippen molar-refractivity contribution in [3.05, 3.63) is 35.9 Å². The molecule has 0 saturated heterocycles. The van der Waals surface area contributed by atoms with Gasteiger partial charge in [-0.15, -0.1) is 0 Å². The maximum absolute atomic E-state index is 12.7. The van der Waals surface area contributed by atoms with E-state index in [-0.39, 0.29) is 11.9 Å². The Balaban J connectivity index is 1.67. The van der Waals surface area contributed by atoms with E-state index in [1.165, 1.54) is 44.9 Å². The molecule has 0 bridgehead atoms. The molecule has 0 radical (unpaired) electrons. The molecule has 2 aliphatic carbocycles. The summed E-state index contributed by atoms with van der Waals surface area (Å²) in [5.74, 6) is 0.204. The lowest BCUT2D eigenvalue weighted by Crippen LogP contribution is -2.92. The van der Waals surface area contributed by atoms with Crippen LogP contribution in [0.2, 0.25) is 0 Å². The lowest BCUT2D eigenvalue weighted by atomic mass is 9.95. The normalized spacial score (nSPS) is 21.6. The maximum Gasteiger partial charge on any atom is 0.283 e. The average molecular weight is 301 g/mol. The number of quaternary nitrogens is 1. The highest BCUT2D eigenvalue weighted by molar-refractivity contribution is 5.82. The van der Waals surface area contributed by atoms with Gasteiger partial charge in [0.15, 0.2) is 6.04 Å². The Bertz CT molecular complexity index is 462. The standard InChI is InChI=1S/C19H28N2O/c22-19(21-17-13-14-17)18(15-9-5-4-6-10-15)20-16-11-7-2-1-3-8-12-16/h4-6,9-10,16-18,20H,1-3,7-8,11-14H2,(H,21,22)/p+1/t18-/m0/s1. The number of carbonyl (C=O) groups is 1. The van der Waals surface area contributed by atoms with Crippen LogP contribution in [0.3, 0.4) is 0 Å². The minimum atomic E-state index is -0.0776. The molecule has 0 heterocycles. The third-order valence-electron chi connectivity index (χ3n) is 4.98. The molecular weight excluding hydrogens is 272 g/mol. The highest BCUT2D eigenvalue weighted by Gasteiger charge is 2.32. The number of nitrogens with one attached hydrogen (secondary N) is 1. The Hall–Kier alpha value is -1.35. The molecule has 3 nitrogen and oxygen atoms in total. The Morgan fingerprint density at radius 2 is 1.59 bits per heavy atom. The van der Waals surface area contributed by atoms with Crippen molar-refractivity contribution < 1.29 is 10.1 Å². The molecule has 0 aliphatic heterocycles. The van der Waals surface area contributed by atoms with Gasteiger partial charge in [-0.05, 0) is 38.5 Å². The fraction of sp³-hybridized carbons (Fsp3) is 0.632. The summed E-state index contributed by atoms with van der Waals surface area (Å²) < 4.78 is 0. The number of carbonyl (C=O) groups excluding carboxylic acids is 1. The zero-order chi connectivity index (χ0) is 15.2. The highest BCUT2D eigenvalue weighted by atomic mass is 16.2. The Kier molecular flexibility index (Phi) is 5.49. The van der Waals surface area contributed by atoms with Gasteiger partial charge in [-0.25, -0.2) is 0 Å². The van der Waals surface area contributed by atoms with Crippen LogP contribution in [0.1, 0.15) is 69.4 Å². The number of nitrogens with two attached hydrogens (primary N) is 1. The predicted molar refractivity (Wildman–Crippen MR) is 88.4 cm³/mol. The fourth-order valence-electron chi connectivity index (χ4n) is 3.48. The summed E-state index contributed by atoms with van der Waals surface area (Å²) in [7, 11) is 0. The topological polar surface area (TPSA) is 45.7 Å². The van der Waals surface area contributed by atoms with Gasteiger partial charge in [-0.1, -0.05) is 49.6 Å². The van der Waals surface area contributed by atoms with E-state index in [2.05, 4.69) is 22.8 Å².